The summed E-state index contributed by atoms with van der Waals surface area (Å²) in [6.07, 6.45) is 1.22. The van der Waals surface area contributed by atoms with Gasteiger partial charge in [-0.3, -0.25) is 9.59 Å². The van der Waals surface area contributed by atoms with E-state index in [0.717, 1.165) is 16.5 Å². The summed E-state index contributed by atoms with van der Waals surface area (Å²) < 4.78 is 0.992. The van der Waals surface area contributed by atoms with Gasteiger partial charge < -0.3 is 10.2 Å². The molecule has 0 aromatic heterocycles. The van der Waals surface area contributed by atoms with Crippen LogP contribution in [-0.2, 0) is 16.1 Å². The number of hydrogen-bond donors (Lipinski definition) is 1. The molecule has 5 heteroatoms. The van der Waals surface area contributed by atoms with Crippen molar-refractivity contribution in [2.45, 2.75) is 65.6 Å². The van der Waals surface area contributed by atoms with E-state index in [1.807, 2.05) is 52.0 Å². The van der Waals surface area contributed by atoms with E-state index in [-0.39, 0.29) is 17.4 Å². The molecular weight excluding hydrogens is 356 g/mol. The topological polar surface area (TPSA) is 49.4 Å². The standard InChI is InChI=1S/C18H27BrN2O2/c1-6-7-16(22)21(12-14-8-10-15(19)11-9-14)13(2)17(23)20-18(3,4)5/h8-11,13H,6-7,12H2,1-5H3,(H,20,23)/t13-/m1/s1. The van der Waals surface area contributed by atoms with Gasteiger partial charge in [-0.2, -0.15) is 0 Å². The smallest absolute Gasteiger partial charge is 0.242 e. The Balaban J connectivity index is 2.93. The van der Waals surface area contributed by atoms with Gasteiger partial charge >= 0.3 is 0 Å². The second kappa shape index (κ2) is 8.48. The molecule has 0 saturated carbocycles. The van der Waals surface area contributed by atoms with Crippen molar-refractivity contribution >= 4 is 27.7 Å². The van der Waals surface area contributed by atoms with Crippen molar-refractivity contribution in [1.29, 1.82) is 0 Å². The minimum Gasteiger partial charge on any atom is -0.350 e. The molecule has 1 aromatic rings. The van der Waals surface area contributed by atoms with Gasteiger partial charge in [0.1, 0.15) is 6.04 Å². The Bertz CT molecular complexity index is 535. The van der Waals surface area contributed by atoms with Crippen LogP contribution in [0.2, 0.25) is 0 Å². The quantitative estimate of drug-likeness (QED) is 0.811. The van der Waals surface area contributed by atoms with Gasteiger partial charge in [-0.15, -0.1) is 0 Å². The van der Waals surface area contributed by atoms with Crippen molar-refractivity contribution in [2.75, 3.05) is 0 Å². The minimum atomic E-state index is -0.503. The van der Waals surface area contributed by atoms with Crippen LogP contribution in [0.1, 0.15) is 53.0 Å². The Morgan fingerprint density at radius 1 is 1.22 bits per heavy atom. The van der Waals surface area contributed by atoms with Gasteiger partial charge in [-0.25, -0.2) is 0 Å². The maximum atomic E-state index is 12.5. The first-order valence-electron chi connectivity index (χ1n) is 8.00. The van der Waals surface area contributed by atoms with Crippen LogP contribution >= 0.6 is 15.9 Å². The number of rotatable bonds is 6. The van der Waals surface area contributed by atoms with Gasteiger partial charge in [0.2, 0.25) is 11.8 Å². The lowest BCUT2D eigenvalue weighted by Gasteiger charge is -2.31. The molecule has 0 radical (unpaired) electrons. The number of nitrogens with zero attached hydrogens (tertiary/aromatic N) is 1. The van der Waals surface area contributed by atoms with Gasteiger partial charge in [0.25, 0.3) is 0 Å². The summed E-state index contributed by atoms with van der Waals surface area (Å²) in [7, 11) is 0. The fourth-order valence-electron chi connectivity index (χ4n) is 2.20. The molecule has 0 aliphatic heterocycles. The van der Waals surface area contributed by atoms with Crippen LogP contribution in [-0.4, -0.2) is 28.3 Å². The predicted octanol–water partition coefficient (Wildman–Crippen LogP) is 3.88. The van der Waals surface area contributed by atoms with Crippen molar-refractivity contribution in [1.82, 2.24) is 10.2 Å². The summed E-state index contributed by atoms with van der Waals surface area (Å²) in [6.45, 7) is 9.99. The second-order valence-corrected chi connectivity index (χ2v) is 7.73. The number of amides is 2. The molecule has 0 unspecified atom stereocenters. The zero-order valence-electron chi connectivity index (χ0n) is 14.6. The molecule has 4 nitrogen and oxygen atoms in total. The average Bonchev–Trinajstić information content (AvgIpc) is 2.44. The molecule has 1 N–H and O–H groups in total. The van der Waals surface area contributed by atoms with Crippen molar-refractivity contribution in [3.63, 3.8) is 0 Å². The molecule has 0 bridgehead atoms. The van der Waals surface area contributed by atoms with Crippen LogP contribution in [0.4, 0.5) is 0 Å². The van der Waals surface area contributed by atoms with E-state index in [1.165, 1.54) is 0 Å². The van der Waals surface area contributed by atoms with Gasteiger partial charge in [-0.1, -0.05) is 35.0 Å². The van der Waals surface area contributed by atoms with Gasteiger partial charge in [0, 0.05) is 23.0 Å². The zero-order chi connectivity index (χ0) is 17.6. The van der Waals surface area contributed by atoms with Crippen molar-refractivity contribution in [3.05, 3.63) is 34.3 Å². The SMILES string of the molecule is CCCC(=O)N(Cc1ccc(Br)cc1)[C@H](C)C(=O)NC(C)(C)C. The first-order valence-corrected chi connectivity index (χ1v) is 8.79. The predicted molar refractivity (Wildman–Crippen MR) is 97.0 cm³/mol. The van der Waals surface area contributed by atoms with E-state index < -0.39 is 6.04 Å². The maximum Gasteiger partial charge on any atom is 0.242 e. The third-order valence-corrected chi connectivity index (χ3v) is 3.92. The Kier molecular flexibility index (Phi) is 7.26. The largest absolute Gasteiger partial charge is 0.350 e. The van der Waals surface area contributed by atoms with Crippen LogP contribution in [0.5, 0.6) is 0 Å². The molecule has 1 atom stereocenters. The van der Waals surface area contributed by atoms with E-state index in [0.29, 0.717) is 13.0 Å². The van der Waals surface area contributed by atoms with Gasteiger partial charge in [-0.05, 0) is 51.8 Å². The Labute approximate surface area is 147 Å². The third kappa shape index (κ3) is 6.73. The number of benzene rings is 1. The molecule has 0 saturated heterocycles. The number of nitrogens with one attached hydrogen (secondary N) is 1. The number of carbonyl (C=O) groups excluding carboxylic acids is 2. The maximum absolute atomic E-state index is 12.5. The molecule has 23 heavy (non-hydrogen) atoms. The van der Waals surface area contributed by atoms with Crippen molar-refractivity contribution in [2.24, 2.45) is 0 Å². The molecule has 0 aliphatic rings. The molecule has 1 aromatic carbocycles. The fourth-order valence-corrected chi connectivity index (χ4v) is 2.46. The minimum absolute atomic E-state index is 0.00646. The third-order valence-electron chi connectivity index (χ3n) is 3.40. The summed E-state index contributed by atoms with van der Waals surface area (Å²) >= 11 is 3.41. The average molecular weight is 383 g/mol. The zero-order valence-corrected chi connectivity index (χ0v) is 16.2. The van der Waals surface area contributed by atoms with E-state index in [4.69, 9.17) is 0 Å². The highest BCUT2D eigenvalue weighted by molar-refractivity contribution is 9.10. The lowest BCUT2D eigenvalue weighted by Crippen LogP contribution is -2.52. The highest BCUT2D eigenvalue weighted by Crippen LogP contribution is 2.15. The molecule has 0 fully saturated rings. The summed E-state index contributed by atoms with van der Waals surface area (Å²) in [5.74, 6) is -0.119. The number of carbonyl (C=O) groups is 2. The first kappa shape index (κ1) is 19.7. The summed E-state index contributed by atoms with van der Waals surface area (Å²) in [5.41, 5.74) is 0.690. The molecule has 0 spiro atoms. The summed E-state index contributed by atoms with van der Waals surface area (Å²) in [6, 6.07) is 7.31. The van der Waals surface area contributed by atoms with Gasteiger partial charge in [0.05, 0.1) is 0 Å². The second-order valence-electron chi connectivity index (χ2n) is 6.81. The highest BCUT2D eigenvalue weighted by atomic mass is 79.9. The Morgan fingerprint density at radius 3 is 2.26 bits per heavy atom. The van der Waals surface area contributed by atoms with Crippen LogP contribution in [0.3, 0.4) is 0 Å². The molecule has 128 valence electrons. The number of halogens is 1. The normalized spacial score (nSPS) is 12.6. The lowest BCUT2D eigenvalue weighted by molar-refractivity contribution is -0.141. The highest BCUT2D eigenvalue weighted by Gasteiger charge is 2.27. The van der Waals surface area contributed by atoms with Crippen molar-refractivity contribution in [3.8, 4) is 0 Å². The molecular formula is C18H27BrN2O2. The van der Waals surface area contributed by atoms with E-state index in [1.54, 1.807) is 11.8 Å². The molecule has 1 rings (SSSR count). The van der Waals surface area contributed by atoms with Crippen LogP contribution in [0.25, 0.3) is 0 Å². The first-order chi connectivity index (χ1) is 10.6. The van der Waals surface area contributed by atoms with Crippen molar-refractivity contribution < 1.29 is 9.59 Å². The summed E-state index contributed by atoms with van der Waals surface area (Å²) in [4.78, 5) is 26.6. The lowest BCUT2D eigenvalue weighted by atomic mass is 10.1. The monoisotopic (exact) mass is 382 g/mol. The van der Waals surface area contributed by atoms with Gasteiger partial charge in [0.15, 0.2) is 0 Å². The van der Waals surface area contributed by atoms with Crippen LogP contribution in [0.15, 0.2) is 28.7 Å². The van der Waals surface area contributed by atoms with Crippen LogP contribution < -0.4 is 5.32 Å². The summed E-state index contributed by atoms with van der Waals surface area (Å²) in [5, 5.41) is 2.95. The Hall–Kier alpha value is -1.36. The van der Waals surface area contributed by atoms with E-state index in [2.05, 4.69) is 21.2 Å². The Morgan fingerprint density at radius 2 is 1.78 bits per heavy atom. The molecule has 2 amide bonds. The van der Waals surface area contributed by atoms with Crippen LogP contribution in [0, 0.1) is 0 Å². The molecule has 0 heterocycles. The number of hydrogen-bond acceptors (Lipinski definition) is 2. The van der Waals surface area contributed by atoms with E-state index in [9.17, 15) is 9.59 Å². The molecule has 0 aliphatic carbocycles. The fraction of sp³-hybridized carbons (Fsp3) is 0.556. The van der Waals surface area contributed by atoms with E-state index >= 15 is 0 Å².